The third-order valence-corrected chi connectivity index (χ3v) is 5.81. The Kier molecular flexibility index (Phi) is 4.86. The van der Waals surface area contributed by atoms with Crippen LogP contribution in [0, 0.1) is 22.7 Å². The topological polar surface area (TPSA) is 37.3 Å². The fourth-order valence-corrected chi connectivity index (χ4v) is 4.13. The molecule has 1 aliphatic rings. The van der Waals surface area contributed by atoms with Crippen LogP contribution < -0.4 is 0 Å². The van der Waals surface area contributed by atoms with E-state index in [1.807, 2.05) is 6.08 Å². The van der Waals surface area contributed by atoms with E-state index >= 15 is 0 Å². The molecule has 0 amide bonds. The monoisotopic (exact) mass is 266 g/mol. The molecule has 1 fully saturated rings. The molecule has 0 radical (unpaired) electrons. The Bertz CT molecular complexity index is 355. The summed E-state index contributed by atoms with van der Waals surface area (Å²) < 4.78 is 0. The summed E-state index contributed by atoms with van der Waals surface area (Å²) in [6.07, 6.45) is 6.34. The average molecular weight is 266 g/mol. The highest BCUT2D eigenvalue weighted by Crippen LogP contribution is 2.71. The first kappa shape index (κ1) is 16.3. The van der Waals surface area contributed by atoms with Gasteiger partial charge in [0.2, 0.25) is 0 Å². The molecule has 2 unspecified atom stereocenters. The highest BCUT2D eigenvalue weighted by atomic mass is 16.4. The molecule has 1 N–H and O–H groups in total. The van der Waals surface area contributed by atoms with Crippen molar-refractivity contribution in [2.45, 2.75) is 67.2 Å². The third kappa shape index (κ3) is 2.88. The van der Waals surface area contributed by atoms with Gasteiger partial charge >= 0.3 is 5.97 Å². The number of allylic oxidation sites excluding steroid dienone is 1. The zero-order valence-electron chi connectivity index (χ0n) is 13.4. The molecule has 110 valence electrons. The van der Waals surface area contributed by atoms with Crippen LogP contribution in [0.2, 0.25) is 0 Å². The van der Waals surface area contributed by atoms with Crippen molar-refractivity contribution in [1.82, 2.24) is 0 Å². The van der Waals surface area contributed by atoms with Crippen LogP contribution >= 0.6 is 0 Å². The fourth-order valence-electron chi connectivity index (χ4n) is 4.13. The van der Waals surface area contributed by atoms with E-state index in [0.717, 1.165) is 24.7 Å². The van der Waals surface area contributed by atoms with Crippen LogP contribution in [0.25, 0.3) is 0 Å². The lowest BCUT2D eigenvalue weighted by atomic mass is 9.71. The molecule has 0 aromatic rings. The van der Waals surface area contributed by atoms with Crippen LogP contribution in [0.5, 0.6) is 0 Å². The third-order valence-electron chi connectivity index (χ3n) is 5.81. The van der Waals surface area contributed by atoms with Crippen molar-refractivity contribution in [3.63, 3.8) is 0 Å². The molecular weight excluding hydrogens is 236 g/mol. The van der Waals surface area contributed by atoms with Gasteiger partial charge in [-0.05, 0) is 42.4 Å². The quantitative estimate of drug-likeness (QED) is 0.666. The highest BCUT2D eigenvalue weighted by molar-refractivity contribution is 5.85. The van der Waals surface area contributed by atoms with Crippen molar-refractivity contribution in [2.24, 2.45) is 22.7 Å². The van der Waals surface area contributed by atoms with Crippen molar-refractivity contribution in [1.29, 1.82) is 0 Å². The van der Waals surface area contributed by atoms with Crippen LogP contribution in [0.1, 0.15) is 67.2 Å². The van der Waals surface area contributed by atoms with E-state index in [9.17, 15) is 4.79 Å². The molecule has 0 aromatic heterocycles. The van der Waals surface area contributed by atoms with E-state index in [2.05, 4.69) is 34.6 Å². The average Bonchev–Trinajstić information content (AvgIpc) is 2.95. The molecule has 0 bridgehead atoms. The summed E-state index contributed by atoms with van der Waals surface area (Å²) >= 11 is 0. The van der Waals surface area contributed by atoms with E-state index in [4.69, 9.17) is 5.11 Å². The summed E-state index contributed by atoms with van der Waals surface area (Å²) in [5, 5.41) is 8.88. The lowest BCUT2D eigenvalue weighted by Crippen LogP contribution is -2.26. The molecule has 1 saturated carbocycles. The van der Waals surface area contributed by atoms with Gasteiger partial charge in [-0.2, -0.15) is 0 Å². The molecule has 0 spiro atoms. The second kappa shape index (κ2) is 5.68. The molecular formula is C17H30O2. The zero-order chi connectivity index (χ0) is 14.8. The largest absolute Gasteiger partial charge is 0.478 e. The Morgan fingerprint density at radius 3 is 2.11 bits per heavy atom. The minimum Gasteiger partial charge on any atom is -0.478 e. The van der Waals surface area contributed by atoms with Gasteiger partial charge in [-0.3, -0.25) is 0 Å². The molecule has 0 heterocycles. The highest BCUT2D eigenvalue weighted by Gasteiger charge is 2.64. The summed E-state index contributed by atoms with van der Waals surface area (Å²) in [4.78, 5) is 10.8. The van der Waals surface area contributed by atoms with Crippen molar-refractivity contribution in [3.05, 3.63) is 11.6 Å². The number of carbonyl (C=O) groups is 1. The molecule has 0 aromatic carbocycles. The van der Waals surface area contributed by atoms with Gasteiger partial charge in [0.25, 0.3) is 0 Å². The van der Waals surface area contributed by atoms with Gasteiger partial charge in [-0.1, -0.05) is 53.5 Å². The minimum atomic E-state index is -0.798. The number of aliphatic carboxylic acids is 1. The second-order valence-corrected chi connectivity index (χ2v) is 6.93. The fraction of sp³-hybridized carbons (Fsp3) is 0.824. The maximum absolute atomic E-state index is 10.8. The summed E-state index contributed by atoms with van der Waals surface area (Å²) in [6.45, 7) is 13.4. The second-order valence-electron chi connectivity index (χ2n) is 6.93. The van der Waals surface area contributed by atoms with Crippen LogP contribution in [-0.2, 0) is 4.79 Å². The van der Waals surface area contributed by atoms with Crippen molar-refractivity contribution >= 4 is 5.97 Å². The van der Waals surface area contributed by atoms with E-state index in [1.54, 1.807) is 6.92 Å². The normalized spacial score (nSPS) is 31.4. The molecule has 1 rings (SSSR count). The summed E-state index contributed by atoms with van der Waals surface area (Å²) in [6, 6.07) is 0. The van der Waals surface area contributed by atoms with E-state index in [-0.39, 0.29) is 5.41 Å². The number of rotatable bonds is 7. The molecule has 1 aliphatic carbocycles. The first-order valence-corrected chi connectivity index (χ1v) is 7.62. The Hall–Kier alpha value is -0.790. The molecule has 0 aliphatic heterocycles. The van der Waals surface area contributed by atoms with Gasteiger partial charge in [0.15, 0.2) is 0 Å². The summed E-state index contributed by atoms with van der Waals surface area (Å²) in [5.74, 6) is 0.891. The number of carboxylic acids is 1. The summed E-state index contributed by atoms with van der Waals surface area (Å²) in [5.41, 5.74) is 1.18. The lowest BCUT2D eigenvalue weighted by Gasteiger charge is -2.34. The van der Waals surface area contributed by atoms with Gasteiger partial charge < -0.3 is 5.11 Å². The Morgan fingerprint density at radius 1 is 1.26 bits per heavy atom. The number of hydrogen-bond acceptors (Lipinski definition) is 1. The van der Waals surface area contributed by atoms with Crippen LogP contribution in [0.3, 0.4) is 0 Å². The van der Waals surface area contributed by atoms with Gasteiger partial charge in [0, 0.05) is 5.57 Å². The SMILES string of the molecule is CCC1C(CC)C1(C)C(C)(C)CC/C=C(\C)C(=O)O. The van der Waals surface area contributed by atoms with Crippen LogP contribution in [-0.4, -0.2) is 11.1 Å². The van der Waals surface area contributed by atoms with E-state index in [0.29, 0.717) is 11.0 Å². The van der Waals surface area contributed by atoms with Gasteiger partial charge in [0.1, 0.15) is 0 Å². The predicted octanol–water partition coefficient (Wildman–Crippen LogP) is 4.90. The molecule has 0 saturated heterocycles. The predicted molar refractivity (Wildman–Crippen MR) is 80.1 cm³/mol. The van der Waals surface area contributed by atoms with Gasteiger partial charge in [0.05, 0.1) is 0 Å². The van der Waals surface area contributed by atoms with E-state index in [1.165, 1.54) is 12.8 Å². The maximum atomic E-state index is 10.8. The standard InChI is InChI=1S/C17H30O2/c1-7-13-14(8-2)17(13,6)16(4,5)11-9-10-12(3)15(18)19/h10,13-14H,7-9,11H2,1-6H3,(H,18,19)/b12-10+. The number of hydrogen-bond donors (Lipinski definition) is 1. The molecule has 2 atom stereocenters. The van der Waals surface area contributed by atoms with Crippen LogP contribution in [0.15, 0.2) is 11.6 Å². The zero-order valence-corrected chi connectivity index (χ0v) is 13.4. The number of carboxylic acid groups (broad SMARTS) is 1. The smallest absolute Gasteiger partial charge is 0.330 e. The van der Waals surface area contributed by atoms with Gasteiger partial charge in [-0.25, -0.2) is 4.79 Å². The maximum Gasteiger partial charge on any atom is 0.330 e. The first-order valence-electron chi connectivity index (χ1n) is 7.62. The Labute approximate surface area is 118 Å². The lowest BCUT2D eigenvalue weighted by molar-refractivity contribution is -0.132. The van der Waals surface area contributed by atoms with E-state index < -0.39 is 5.97 Å². The van der Waals surface area contributed by atoms with Crippen LogP contribution in [0.4, 0.5) is 0 Å². The van der Waals surface area contributed by atoms with Crippen molar-refractivity contribution < 1.29 is 9.90 Å². The first-order chi connectivity index (χ1) is 8.72. The molecule has 19 heavy (non-hydrogen) atoms. The van der Waals surface area contributed by atoms with Crippen molar-refractivity contribution in [2.75, 3.05) is 0 Å². The Balaban J connectivity index is 2.67. The van der Waals surface area contributed by atoms with Crippen molar-refractivity contribution in [3.8, 4) is 0 Å². The summed E-state index contributed by atoms with van der Waals surface area (Å²) in [7, 11) is 0. The van der Waals surface area contributed by atoms with Gasteiger partial charge in [-0.15, -0.1) is 0 Å². The molecule has 2 nitrogen and oxygen atoms in total. The molecule has 2 heteroatoms. The minimum absolute atomic E-state index is 0.281. The Morgan fingerprint density at radius 2 is 1.74 bits per heavy atom.